The predicted molar refractivity (Wildman–Crippen MR) is 280 cm³/mol. The fourth-order valence-electron chi connectivity index (χ4n) is 7.61. The highest BCUT2D eigenvalue weighted by Gasteiger charge is 2.30. The van der Waals surface area contributed by atoms with Crippen LogP contribution in [0.15, 0.2) is 0 Å². The van der Waals surface area contributed by atoms with Gasteiger partial charge in [0.05, 0.1) is 26.4 Å². The summed E-state index contributed by atoms with van der Waals surface area (Å²) < 4.78 is 67.1. The van der Waals surface area contributed by atoms with Crippen LogP contribution in [0.25, 0.3) is 0 Å². The molecule has 0 saturated heterocycles. The maximum atomic E-state index is 12.9. The molecule has 6 atom stereocenters. The smallest absolute Gasteiger partial charge is 0.462 e. The van der Waals surface area contributed by atoms with Gasteiger partial charge in [-0.05, 0) is 31.6 Å². The number of rotatable bonds is 53. The molecule has 0 aromatic carbocycles. The summed E-state index contributed by atoms with van der Waals surface area (Å²) in [5.41, 5.74) is 0. The number of carbonyl (C=O) groups excluding carboxylic acids is 4. The molecule has 0 rings (SSSR count). The Balaban J connectivity index is 5.16. The van der Waals surface area contributed by atoms with E-state index in [0.29, 0.717) is 25.7 Å². The van der Waals surface area contributed by atoms with E-state index in [1.807, 2.05) is 0 Å². The molecular formula is C53H102O17P2. The Morgan fingerprint density at radius 1 is 0.389 bits per heavy atom. The topological polar surface area (TPSA) is 237 Å². The predicted octanol–water partition coefficient (Wildman–Crippen LogP) is 13.5. The first-order valence-corrected chi connectivity index (χ1v) is 31.2. The molecule has 72 heavy (non-hydrogen) atoms. The second-order valence-electron chi connectivity index (χ2n) is 19.5. The van der Waals surface area contributed by atoms with Gasteiger partial charge in [0.2, 0.25) is 0 Å². The third-order valence-electron chi connectivity index (χ3n) is 12.4. The third-order valence-corrected chi connectivity index (χ3v) is 14.3. The van der Waals surface area contributed by atoms with Crippen molar-refractivity contribution in [1.82, 2.24) is 0 Å². The minimum absolute atomic E-state index is 0.0986. The van der Waals surface area contributed by atoms with E-state index in [1.165, 1.54) is 70.6 Å². The summed E-state index contributed by atoms with van der Waals surface area (Å²) >= 11 is 0. The lowest BCUT2D eigenvalue weighted by Crippen LogP contribution is -2.30. The highest BCUT2D eigenvalue weighted by atomic mass is 31.2. The molecule has 0 heterocycles. The Bertz CT molecular complexity index is 1430. The molecule has 0 fully saturated rings. The van der Waals surface area contributed by atoms with E-state index in [4.69, 9.17) is 37.0 Å². The molecule has 0 bridgehead atoms. The Kier molecular flexibility index (Phi) is 46.2. The van der Waals surface area contributed by atoms with E-state index in [2.05, 4.69) is 34.6 Å². The molecule has 0 aliphatic rings. The highest BCUT2D eigenvalue weighted by Crippen LogP contribution is 2.45. The molecule has 3 unspecified atom stereocenters. The fraction of sp³-hybridized carbons (Fsp3) is 0.925. The molecule has 0 spiro atoms. The van der Waals surface area contributed by atoms with Gasteiger partial charge < -0.3 is 33.8 Å². The van der Waals surface area contributed by atoms with E-state index >= 15 is 0 Å². The molecule has 0 radical (unpaired) electrons. The first-order chi connectivity index (χ1) is 34.6. The number of hydrogen-bond acceptors (Lipinski definition) is 15. The average molecular weight is 1070 g/mol. The van der Waals surface area contributed by atoms with Crippen LogP contribution in [0, 0.1) is 5.92 Å². The van der Waals surface area contributed by atoms with Gasteiger partial charge in [-0.1, -0.05) is 202 Å². The molecule has 0 amide bonds. The van der Waals surface area contributed by atoms with Crippen molar-refractivity contribution in [1.29, 1.82) is 0 Å². The van der Waals surface area contributed by atoms with Gasteiger partial charge in [-0.15, -0.1) is 0 Å². The van der Waals surface area contributed by atoms with Crippen molar-refractivity contribution >= 4 is 39.5 Å². The highest BCUT2D eigenvalue weighted by molar-refractivity contribution is 7.47. The molecule has 0 saturated carbocycles. The molecule has 0 aliphatic heterocycles. The van der Waals surface area contributed by atoms with Gasteiger partial charge in [-0.3, -0.25) is 37.3 Å². The molecule has 0 aromatic heterocycles. The van der Waals surface area contributed by atoms with Crippen LogP contribution >= 0.6 is 15.6 Å². The van der Waals surface area contributed by atoms with Crippen LogP contribution in [0.4, 0.5) is 0 Å². The zero-order valence-corrected chi connectivity index (χ0v) is 47.3. The van der Waals surface area contributed by atoms with Crippen molar-refractivity contribution in [2.24, 2.45) is 5.92 Å². The lowest BCUT2D eigenvalue weighted by molar-refractivity contribution is -0.161. The third kappa shape index (κ3) is 46.6. The number of carbonyl (C=O) groups is 4. The number of aliphatic hydroxyl groups excluding tert-OH is 1. The lowest BCUT2D eigenvalue weighted by atomic mass is 9.99. The van der Waals surface area contributed by atoms with Crippen molar-refractivity contribution in [3.63, 3.8) is 0 Å². The van der Waals surface area contributed by atoms with E-state index in [-0.39, 0.29) is 25.7 Å². The fourth-order valence-corrected chi connectivity index (χ4v) is 9.18. The molecule has 0 aromatic rings. The Morgan fingerprint density at radius 2 is 0.667 bits per heavy atom. The minimum Gasteiger partial charge on any atom is -0.462 e. The Labute approximate surface area is 435 Å². The number of esters is 4. The number of unbranched alkanes of at least 4 members (excludes halogenated alkanes) is 24. The molecule has 17 nitrogen and oxygen atoms in total. The van der Waals surface area contributed by atoms with Crippen molar-refractivity contribution < 1.29 is 80.2 Å². The molecule has 0 aliphatic carbocycles. The monoisotopic (exact) mass is 1070 g/mol. The molecule has 3 N–H and O–H groups in total. The summed E-state index contributed by atoms with van der Waals surface area (Å²) in [5.74, 6) is -1.40. The summed E-state index contributed by atoms with van der Waals surface area (Å²) in [7, 11) is -9.84. The van der Waals surface area contributed by atoms with Crippen molar-refractivity contribution in [2.75, 3.05) is 39.6 Å². The van der Waals surface area contributed by atoms with Crippen LogP contribution in [0.1, 0.15) is 253 Å². The number of phosphoric ester groups is 2. The molecule has 19 heteroatoms. The minimum atomic E-state index is -4.93. The van der Waals surface area contributed by atoms with Gasteiger partial charge in [0.25, 0.3) is 0 Å². The van der Waals surface area contributed by atoms with Gasteiger partial charge in [0.15, 0.2) is 12.2 Å². The molecule has 426 valence electrons. The average Bonchev–Trinajstić information content (AvgIpc) is 3.35. The van der Waals surface area contributed by atoms with Crippen LogP contribution in [0.3, 0.4) is 0 Å². The summed E-state index contributed by atoms with van der Waals surface area (Å²) in [6.07, 6.45) is 27.3. The maximum absolute atomic E-state index is 12.9. The van der Waals surface area contributed by atoms with E-state index in [1.54, 1.807) is 0 Å². The quantitative estimate of drug-likeness (QED) is 0.0222. The van der Waals surface area contributed by atoms with Gasteiger partial charge in [-0.2, -0.15) is 0 Å². The largest absolute Gasteiger partial charge is 0.472 e. The normalized spacial score (nSPS) is 14.9. The van der Waals surface area contributed by atoms with Gasteiger partial charge in [0.1, 0.15) is 19.3 Å². The first-order valence-electron chi connectivity index (χ1n) is 28.2. The number of hydrogen-bond donors (Lipinski definition) is 3. The second-order valence-corrected chi connectivity index (χ2v) is 22.4. The lowest BCUT2D eigenvalue weighted by Gasteiger charge is -2.21. The summed E-state index contributed by atoms with van der Waals surface area (Å²) in [4.78, 5) is 71.1. The number of phosphoric acid groups is 2. The SMILES string of the molecule is CCCCCCCCCCCCC(=O)OC[C@H](COP(=O)(O)OC[C@@H](O)COP(=O)(O)OC[C@@H](COC(=O)CCCCCCC)OC(=O)CCCCCCC)OC(=O)CCCCCCCCCCC(C)CC. The zero-order chi connectivity index (χ0) is 53.6. The van der Waals surface area contributed by atoms with Crippen LogP contribution in [-0.4, -0.2) is 96.7 Å². The summed E-state index contributed by atoms with van der Waals surface area (Å²) in [6.45, 7) is 6.91. The number of ether oxygens (including phenoxy) is 4. The van der Waals surface area contributed by atoms with E-state index < -0.39 is 97.5 Å². The second kappa shape index (κ2) is 47.5. The molecular weight excluding hydrogens is 971 g/mol. The maximum Gasteiger partial charge on any atom is 0.472 e. The number of aliphatic hydroxyl groups is 1. The van der Waals surface area contributed by atoms with Crippen molar-refractivity contribution in [3.8, 4) is 0 Å². The van der Waals surface area contributed by atoms with Gasteiger partial charge in [-0.25, -0.2) is 9.13 Å². The standard InChI is InChI=1S/C53H102O17P2/c1-6-10-13-16-17-18-19-23-28-32-37-51(56)64-43-49(70-53(58)39-34-29-24-21-20-22-27-30-35-46(5)9-4)45-68-72(61,62)66-41-47(54)40-65-71(59,60)67-44-48(69-52(57)38-33-26-15-12-8-3)42-63-50(55)36-31-25-14-11-7-2/h46-49,54H,6-45H2,1-5H3,(H,59,60)(H,61,62)/t46?,47-,48+,49+/m0/s1. The van der Waals surface area contributed by atoms with Gasteiger partial charge >= 0.3 is 39.5 Å². The summed E-state index contributed by atoms with van der Waals surface area (Å²) in [5, 5.41) is 10.4. The van der Waals surface area contributed by atoms with Crippen LogP contribution in [0.2, 0.25) is 0 Å². The zero-order valence-electron chi connectivity index (χ0n) is 45.5. The van der Waals surface area contributed by atoms with E-state index in [9.17, 15) is 43.2 Å². The summed E-state index contributed by atoms with van der Waals surface area (Å²) in [6, 6.07) is 0. The first kappa shape index (κ1) is 70.1. The van der Waals surface area contributed by atoms with Crippen LogP contribution in [0.5, 0.6) is 0 Å². The van der Waals surface area contributed by atoms with E-state index in [0.717, 1.165) is 102 Å². The van der Waals surface area contributed by atoms with Gasteiger partial charge in [0, 0.05) is 25.7 Å². The Hall–Kier alpha value is -1.94. The Morgan fingerprint density at radius 3 is 0.986 bits per heavy atom. The van der Waals surface area contributed by atoms with Crippen LogP contribution < -0.4 is 0 Å². The van der Waals surface area contributed by atoms with Crippen LogP contribution in [-0.2, 0) is 65.4 Å². The van der Waals surface area contributed by atoms with Crippen molar-refractivity contribution in [3.05, 3.63) is 0 Å². The van der Waals surface area contributed by atoms with Crippen molar-refractivity contribution in [2.45, 2.75) is 271 Å².